The summed E-state index contributed by atoms with van der Waals surface area (Å²) in [5, 5.41) is 9.77. The lowest BCUT2D eigenvalue weighted by Gasteiger charge is -2.34. The van der Waals surface area contributed by atoms with Gasteiger partial charge in [-0.25, -0.2) is 18.1 Å². The second-order valence-electron chi connectivity index (χ2n) is 6.74. The zero-order chi connectivity index (χ0) is 16.4. The summed E-state index contributed by atoms with van der Waals surface area (Å²) in [5.41, 5.74) is 0. The number of piperidine rings is 1. The Morgan fingerprint density at radius 2 is 2.17 bits per heavy atom. The normalized spacial score (nSPS) is 23.7. The Kier molecular flexibility index (Phi) is 4.89. The number of rotatable bonds is 6. The third-order valence-electron chi connectivity index (χ3n) is 4.75. The number of pyridine rings is 1. The largest absolute Gasteiger partial charge is 0.393 e. The maximum absolute atomic E-state index is 12.2. The van der Waals surface area contributed by atoms with E-state index >= 15 is 0 Å². The molecule has 2 N–H and O–H groups in total. The predicted molar refractivity (Wildman–Crippen MR) is 88.8 cm³/mol. The number of nitrogens with one attached hydrogen (secondary N) is 1. The Balaban J connectivity index is 1.66. The fraction of sp³-hybridized carbons (Fsp3) is 0.688. The maximum atomic E-state index is 12.2. The molecule has 2 atom stereocenters. The van der Waals surface area contributed by atoms with E-state index in [1.807, 2.05) is 6.92 Å². The summed E-state index contributed by atoms with van der Waals surface area (Å²) < 4.78 is 27.0. The van der Waals surface area contributed by atoms with Crippen molar-refractivity contribution in [2.75, 3.05) is 24.5 Å². The zero-order valence-electron chi connectivity index (χ0n) is 13.5. The third kappa shape index (κ3) is 4.22. The van der Waals surface area contributed by atoms with Crippen LogP contribution in [0.1, 0.15) is 32.6 Å². The summed E-state index contributed by atoms with van der Waals surface area (Å²) in [6.45, 7) is 3.99. The molecule has 3 rings (SSSR count). The van der Waals surface area contributed by atoms with Gasteiger partial charge in [0.05, 0.1) is 6.10 Å². The van der Waals surface area contributed by atoms with Crippen molar-refractivity contribution in [2.45, 2.75) is 43.6 Å². The first-order valence-corrected chi connectivity index (χ1v) is 9.83. The number of nitrogens with zero attached hydrogens (tertiary/aromatic N) is 2. The van der Waals surface area contributed by atoms with Crippen molar-refractivity contribution in [3.8, 4) is 0 Å². The van der Waals surface area contributed by atoms with Crippen molar-refractivity contribution >= 4 is 15.8 Å². The number of aromatic nitrogens is 1. The first-order valence-electron chi connectivity index (χ1n) is 8.34. The van der Waals surface area contributed by atoms with Gasteiger partial charge >= 0.3 is 0 Å². The second-order valence-corrected chi connectivity index (χ2v) is 8.50. The number of hydrogen-bond donors (Lipinski definition) is 2. The highest BCUT2D eigenvalue weighted by atomic mass is 32.2. The van der Waals surface area contributed by atoms with E-state index in [2.05, 4.69) is 14.6 Å². The SMILES string of the molecule is CC(O)C1CCCN(c2ccc(S(=O)(=O)NCC3CC3)cn2)C1. The molecule has 0 spiro atoms. The van der Waals surface area contributed by atoms with Gasteiger partial charge in [0.15, 0.2) is 0 Å². The average molecular weight is 339 g/mol. The van der Waals surface area contributed by atoms with Gasteiger partial charge in [0.1, 0.15) is 10.7 Å². The highest BCUT2D eigenvalue weighted by Gasteiger charge is 2.26. The van der Waals surface area contributed by atoms with Crippen molar-refractivity contribution in [1.29, 1.82) is 0 Å². The predicted octanol–water partition coefficient (Wildman–Crippen LogP) is 1.37. The Bertz CT molecular complexity index is 626. The van der Waals surface area contributed by atoms with Gasteiger partial charge in [-0.3, -0.25) is 0 Å². The maximum Gasteiger partial charge on any atom is 0.242 e. The van der Waals surface area contributed by atoms with Crippen LogP contribution in [0.15, 0.2) is 23.2 Å². The summed E-state index contributed by atoms with van der Waals surface area (Å²) in [6, 6.07) is 3.37. The van der Waals surface area contributed by atoms with Gasteiger partial charge in [0.2, 0.25) is 10.0 Å². The van der Waals surface area contributed by atoms with Gasteiger partial charge < -0.3 is 10.0 Å². The molecule has 1 aromatic heterocycles. The van der Waals surface area contributed by atoms with Crippen LogP contribution in [0.4, 0.5) is 5.82 Å². The van der Waals surface area contributed by atoms with E-state index in [1.54, 1.807) is 12.1 Å². The van der Waals surface area contributed by atoms with Crippen LogP contribution < -0.4 is 9.62 Å². The van der Waals surface area contributed by atoms with Gasteiger partial charge in [-0.1, -0.05) is 0 Å². The van der Waals surface area contributed by atoms with Crippen molar-refractivity contribution in [2.24, 2.45) is 11.8 Å². The average Bonchev–Trinajstić information content (AvgIpc) is 3.38. The first-order chi connectivity index (χ1) is 11.0. The second kappa shape index (κ2) is 6.75. The molecule has 1 saturated heterocycles. The van der Waals surface area contributed by atoms with E-state index in [1.165, 1.54) is 6.20 Å². The van der Waals surface area contributed by atoms with E-state index in [0.29, 0.717) is 12.5 Å². The Labute approximate surface area is 138 Å². The highest BCUT2D eigenvalue weighted by Crippen LogP contribution is 2.28. The molecule has 0 radical (unpaired) electrons. The fourth-order valence-corrected chi connectivity index (χ4v) is 4.02. The molecule has 23 heavy (non-hydrogen) atoms. The van der Waals surface area contributed by atoms with E-state index in [-0.39, 0.29) is 16.9 Å². The van der Waals surface area contributed by atoms with Gasteiger partial charge in [-0.05, 0) is 50.7 Å². The summed E-state index contributed by atoms with van der Waals surface area (Å²) >= 11 is 0. The third-order valence-corrected chi connectivity index (χ3v) is 6.16. The Morgan fingerprint density at radius 3 is 2.78 bits per heavy atom. The van der Waals surface area contributed by atoms with Gasteiger partial charge in [0, 0.05) is 31.7 Å². The van der Waals surface area contributed by atoms with Crippen LogP contribution in [0.2, 0.25) is 0 Å². The first kappa shape index (κ1) is 16.7. The molecule has 2 heterocycles. The molecule has 6 nitrogen and oxygen atoms in total. The Hall–Kier alpha value is -1.18. The lowest BCUT2D eigenvalue weighted by atomic mass is 9.93. The van der Waals surface area contributed by atoms with Crippen molar-refractivity contribution < 1.29 is 13.5 Å². The molecule has 0 bridgehead atoms. The smallest absolute Gasteiger partial charge is 0.242 e. The summed E-state index contributed by atoms with van der Waals surface area (Å²) in [5.74, 6) is 1.52. The minimum absolute atomic E-state index is 0.214. The van der Waals surface area contributed by atoms with Gasteiger partial charge in [0.25, 0.3) is 0 Å². The molecule has 0 amide bonds. The van der Waals surface area contributed by atoms with Crippen LogP contribution in [0, 0.1) is 11.8 Å². The van der Waals surface area contributed by atoms with Crippen LogP contribution in [0.3, 0.4) is 0 Å². The van der Waals surface area contributed by atoms with Crippen molar-refractivity contribution in [3.05, 3.63) is 18.3 Å². The topological polar surface area (TPSA) is 82.5 Å². The lowest BCUT2D eigenvalue weighted by molar-refractivity contribution is 0.115. The molecule has 1 aliphatic carbocycles. The molecule has 2 fully saturated rings. The molecule has 128 valence electrons. The van der Waals surface area contributed by atoms with Crippen LogP contribution in [0.25, 0.3) is 0 Å². The number of anilines is 1. The summed E-state index contributed by atoms with van der Waals surface area (Å²) in [7, 11) is -3.46. The van der Waals surface area contributed by atoms with Gasteiger partial charge in [-0.2, -0.15) is 0 Å². The Morgan fingerprint density at radius 1 is 1.39 bits per heavy atom. The minimum Gasteiger partial charge on any atom is -0.393 e. The number of sulfonamides is 1. The monoisotopic (exact) mass is 339 g/mol. The molecular weight excluding hydrogens is 314 g/mol. The number of aliphatic hydroxyl groups is 1. The molecular formula is C16H25N3O3S. The fourth-order valence-electron chi connectivity index (χ4n) is 2.96. The van der Waals surface area contributed by atoms with Crippen molar-refractivity contribution in [1.82, 2.24) is 9.71 Å². The standard InChI is InChI=1S/C16H25N3O3S/c1-12(20)14-3-2-8-19(11-14)16-7-6-15(10-17-16)23(21,22)18-9-13-4-5-13/h6-7,10,12-14,18,20H,2-5,8-9,11H2,1H3. The zero-order valence-corrected chi connectivity index (χ0v) is 14.3. The molecule has 2 aliphatic rings. The molecule has 1 aliphatic heterocycles. The minimum atomic E-state index is -3.46. The molecule has 1 aromatic rings. The lowest BCUT2D eigenvalue weighted by Crippen LogP contribution is -2.40. The summed E-state index contributed by atoms with van der Waals surface area (Å²) in [6.07, 6.45) is 5.35. The summed E-state index contributed by atoms with van der Waals surface area (Å²) in [4.78, 5) is 6.66. The van der Waals surface area contributed by atoms with E-state index < -0.39 is 10.0 Å². The van der Waals surface area contributed by atoms with Crippen molar-refractivity contribution in [3.63, 3.8) is 0 Å². The van der Waals surface area contributed by atoms with Crippen LogP contribution >= 0.6 is 0 Å². The highest BCUT2D eigenvalue weighted by molar-refractivity contribution is 7.89. The molecule has 0 aromatic carbocycles. The molecule has 2 unspecified atom stereocenters. The number of aliphatic hydroxyl groups excluding tert-OH is 1. The quantitative estimate of drug-likeness (QED) is 0.818. The van der Waals surface area contributed by atoms with Crippen LogP contribution in [-0.4, -0.2) is 44.2 Å². The number of hydrogen-bond acceptors (Lipinski definition) is 5. The van der Waals surface area contributed by atoms with Gasteiger partial charge in [-0.15, -0.1) is 0 Å². The van der Waals surface area contributed by atoms with E-state index in [9.17, 15) is 13.5 Å². The van der Waals surface area contributed by atoms with E-state index in [0.717, 1.165) is 44.6 Å². The molecule has 7 heteroatoms. The molecule has 1 saturated carbocycles. The van der Waals surface area contributed by atoms with Crippen LogP contribution in [-0.2, 0) is 10.0 Å². The van der Waals surface area contributed by atoms with E-state index in [4.69, 9.17) is 0 Å². The van der Waals surface area contributed by atoms with Crippen LogP contribution in [0.5, 0.6) is 0 Å².